The third kappa shape index (κ3) is 1.86. The van der Waals surface area contributed by atoms with E-state index in [-0.39, 0.29) is 6.92 Å². The van der Waals surface area contributed by atoms with Gasteiger partial charge in [-0.2, -0.15) is 0 Å². The lowest BCUT2D eigenvalue weighted by molar-refractivity contribution is -0.557. The van der Waals surface area contributed by atoms with Crippen LogP contribution in [-0.2, 0) is 0 Å². The molecule has 86 valence electrons. The highest BCUT2D eigenvalue weighted by molar-refractivity contribution is 4.92. The Morgan fingerprint density at radius 3 is 0.643 bits per heavy atom. The van der Waals surface area contributed by atoms with E-state index in [1.165, 1.54) is 0 Å². The van der Waals surface area contributed by atoms with Gasteiger partial charge in [0, 0.05) is 0 Å². The maximum atomic E-state index is 8.56. The summed E-state index contributed by atoms with van der Waals surface area (Å²) in [6.07, 6.45) is 0. The second kappa shape index (κ2) is 3.06. The van der Waals surface area contributed by atoms with E-state index in [4.69, 9.17) is 46.0 Å². The Labute approximate surface area is 77.3 Å². The number of aliphatic hydroxyl groups is 9. The number of rotatable bonds is 3. The van der Waals surface area contributed by atoms with Crippen molar-refractivity contribution in [3.8, 4) is 0 Å². The van der Waals surface area contributed by atoms with Crippen LogP contribution < -0.4 is 0 Å². The van der Waals surface area contributed by atoms with Gasteiger partial charge in [0.25, 0.3) is 17.9 Å². The third-order valence-electron chi connectivity index (χ3n) is 2.01. The minimum atomic E-state index is -4.18. The molecular weight excluding hydrogens is 204 g/mol. The summed E-state index contributed by atoms with van der Waals surface area (Å²) in [6, 6.07) is 0. The summed E-state index contributed by atoms with van der Waals surface area (Å²) in [5.74, 6) is -12.5. The molecule has 0 aliphatic rings. The van der Waals surface area contributed by atoms with Gasteiger partial charge in [-0.15, -0.1) is 0 Å². The fourth-order valence-electron chi connectivity index (χ4n) is 0.675. The molecule has 0 rings (SSSR count). The van der Waals surface area contributed by atoms with E-state index in [2.05, 4.69) is 0 Å². The zero-order chi connectivity index (χ0) is 12.0. The largest absolute Gasteiger partial charge is 0.343 e. The van der Waals surface area contributed by atoms with Gasteiger partial charge >= 0.3 is 0 Å². The molecule has 14 heavy (non-hydrogen) atoms. The summed E-state index contributed by atoms with van der Waals surface area (Å²) in [5, 5.41) is 77.0. The van der Waals surface area contributed by atoms with E-state index in [1.54, 1.807) is 0 Å². The van der Waals surface area contributed by atoms with Crippen molar-refractivity contribution in [1.29, 1.82) is 0 Å². The minimum Gasteiger partial charge on any atom is -0.343 e. The van der Waals surface area contributed by atoms with Crippen molar-refractivity contribution in [1.82, 2.24) is 0 Å². The van der Waals surface area contributed by atoms with Crippen LogP contribution in [0.2, 0.25) is 0 Å². The second-order valence-corrected chi connectivity index (χ2v) is 3.03. The Hall–Kier alpha value is -0.360. The van der Waals surface area contributed by atoms with Crippen molar-refractivity contribution < 1.29 is 46.0 Å². The third-order valence-corrected chi connectivity index (χ3v) is 2.01. The Kier molecular flexibility index (Phi) is 2.99. The molecule has 0 fully saturated rings. The van der Waals surface area contributed by atoms with E-state index in [9.17, 15) is 0 Å². The van der Waals surface area contributed by atoms with Crippen molar-refractivity contribution in [3.63, 3.8) is 0 Å². The fraction of sp³-hybridized carbons (Fsp3) is 1.00. The van der Waals surface area contributed by atoms with Crippen molar-refractivity contribution >= 4 is 0 Å². The van der Waals surface area contributed by atoms with Crippen LogP contribution in [0.3, 0.4) is 0 Å². The first-order valence-corrected chi connectivity index (χ1v) is 3.26. The van der Waals surface area contributed by atoms with Gasteiger partial charge in [0.1, 0.15) is 0 Å². The number of hydrogen-bond acceptors (Lipinski definition) is 9. The van der Waals surface area contributed by atoms with Crippen molar-refractivity contribution in [2.24, 2.45) is 5.41 Å². The lowest BCUT2D eigenvalue weighted by Crippen LogP contribution is -2.71. The second-order valence-electron chi connectivity index (χ2n) is 3.03. The normalized spacial score (nSPS) is 15.9. The minimum absolute atomic E-state index is 0.187. The van der Waals surface area contributed by atoms with Gasteiger partial charge in [0.05, 0.1) is 0 Å². The predicted octanol–water partition coefficient (Wildman–Crippen LogP) is -5.12. The Morgan fingerprint density at radius 1 is 0.500 bits per heavy atom. The highest BCUT2D eigenvalue weighted by atomic mass is 16.7. The molecular formula is C5H12O9. The van der Waals surface area contributed by atoms with Crippen molar-refractivity contribution in [2.75, 3.05) is 0 Å². The first-order chi connectivity index (χ1) is 5.75. The maximum Gasteiger partial charge on any atom is 0.297 e. The molecule has 0 aromatic carbocycles. The molecule has 0 aromatic rings. The average molecular weight is 216 g/mol. The smallest absolute Gasteiger partial charge is 0.297 e. The maximum absolute atomic E-state index is 8.56. The zero-order valence-corrected chi connectivity index (χ0v) is 7.02. The topological polar surface area (TPSA) is 182 Å². The summed E-state index contributed by atoms with van der Waals surface area (Å²) in [5.41, 5.74) is -3.69. The van der Waals surface area contributed by atoms with Crippen LogP contribution in [0.15, 0.2) is 0 Å². The van der Waals surface area contributed by atoms with Crippen molar-refractivity contribution in [2.45, 2.75) is 24.8 Å². The van der Waals surface area contributed by atoms with Crippen molar-refractivity contribution in [3.05, 3.63) is 0 Å². The first kappa shape index (κ1) is 13.6. The van der Waals surface area contributed by atoms with Gasteiger partial charge in [0.15, 0.2) is 0 Å². The highest BCUT2D eigenvalue weighted by Gasteiger charge is 2.70. The van der Waals surface area contributed by atoms with E-state index in [0.29, 0.717) is 0 Å². The van der Waals surface area contributed by atoms with Gasteiger partial charge < -0.3 is 46.0 Å². The van der Waals surface area contributed by atoms with Crippen LogP contribution >= 0.6 is 0 Å². The summed E-state index contributed by atoms with van der Waals surface area (Å²) in [6.45, 7) is 0.187. The van der Waals surface area contributed by atoms with E-state index in [1.807, 2.05) is 0 Å². The summed E-state index contributed by atoms with van der Waals surface area (Å²) >= 11 is 0. The Morgan fingerprint density at radius 2 is 0.643 bits per heavy atom. The standard InChI is InChI=1S/C5H12O9/c1-2(3(6,7)8,4(9,10)11)5(12,13)14/h6-14H,1H3. The molecule has 0 amide bonds. The molecule has 9 nitrogen and oxygen atoms in total. The fourth-order valence-corrected chi connectivity index (χ4v) is 0.675. The zero-order valence-electron chi connectivity index (χ0n) is 7.02. The number of hydrogen-bond donors (Lipinski definition) is 9. The van der Waals surface area contributed by atoms with Crippen LogP contribution in [0.5, 0.6) is 0 Å². The SMILES string of the molecule is CC(C(O)(O)O)(C(O)(O)O)C(O)(O)O. The molecule has 0 bridgehead atoms. The predicted molar refractivity (Wildman–Crippen MR) is 36.3 cm³/mol. The molecule has 0 heterocycles. The van der Waals surface area contributed by atoms with Gasteiger partial charge in [-0.1, -0.05) is 0 Å². The Bertz CT molecular complexity index is 167. The Balaban J connectivity index is 5.54. The molecule has 9 N–H and O–H groups in total. The lowest BCUT2D eigenvalue weighted by Gasteiger charge is -2.45. The van der Waals surface area contributed by atoms with E-state index < -0.39 is 23.3 Å². The molecule has 0 saturated carbocycles. The van der Waals surface area contributed by atoms with Gasteiger partial charge in [-0.3, -0.25) is 0 Å². The van der Waals surface area contributed by atoms with Crippen LogP contribution in [0, 0.1) is 5.41 Å². The molecule has 0 radical (unpaired) electrons. The summed E-state index contributed by atoms with van der Waals surface area (Å²) in [7, 11) is 0. The molecule has 0 spiro atoms. The molecule has 0 aliphatic carbocycles. The van der Waals surface area contributed by atoms with E-state index >= 15 is 0 Å². The quantitative estimate of drug-likeness (QED) is 0.208. The van der Waals surface area contributed by atoms with E-state index in [0.717, 1.165) is 0 Å². The van der Waals surface area contributed by atoms with Crippen LogP contribution in [0.4, 0.5) is 0 Å². The average Bonchev–Trinajstić information content (AvgIpc) is 1.77. The molecule has 0 aliphatic heterocycles. The van der Waals surface area contributed by atoms with Gasteiger partial charge in [-0.25, -0.2) is 0 Å². The summed E-state index contributed by atoms with van der Waals surface area (Å²) < 4.78 is 0. The monoisotopic (exact) mass is 216 g/mol. The van der Waals surface area contributed by atoms with Crippen LogP contribution in [0.1, 0.15) is 6.92 Å². The first-order valence-electron chi connectivity index (χ1n) is 3.26. The lowest BCUT2D eigenvalue weighted by atomic mass is 9.81. The molecule has 0 aromatic heterocycles. The van der Waals surface area contributed by atoms with Gasteiger partial charge in [-0.05, 0) is 6.92 Å². The summed E-state index contributed by atoms with van der Waals surface area (Å²) in [4.78, 5) is 0. The molecule has 9 heteroatoms. The van der Waals surface area contributed by atoms with Crippen LogP contribution in [-0.4, -0.2) is 63.9 Å². The molecule has 0 saturated heterocycles. The molecule has 0 atom stereocenters. The van der Waals surface area contributed by atoms with Crippen LogP contribution in [0.25, 0.3) is 0 Å². The molecule has 0 unspecified atom stereocenters. The highest BCUT2D eigenvalue weighted by Crippen LogP contribution is 2.43. The van der Waals surface area contributed by atoms with Gasteiger partial charge in [0.2, 0.25) is 5.41 Å².